The number of carbonyl (C=O) groups is 1. The number of anilines is 1. The summed E-state index contributed by atoms with van der Waals surface area (Å²) in [6, 6.07) is 6.62. The van der Waals surface area contributed by atoms with Crippen LogP contribution in [0.4, 0.5) is 23.2 Å². The van der Waals surface area contributed by atoms with Crippen molar-refractivity contribution in [2.24, 2.45) is 0 Å². The molecule has 1 amide bonds. The summed E-state index contributed by atoms with van der Waals surface area (Å²) >= 11 is 0. The van der Waals surface area contributed by atoms with Crippen molar-refractivity contribution >= 4 is 11.6 Å². The van der Waals surface area contributed by atoms with Gasteiger partial charge in [-0.3, -0.25) is 4.79 Å². The van der Waals surface area contributed by atoms with Crippen LogP contribution in [0.5, 0.6) is 0 Å². The van der Waals surface area contributed by atoms with Crippen LogP contribution in [0.2, 0.25) is 0 Å². The lowest BCUT2D eigenvalue weighted by molar-refractivity contribution is -0.0332. The lowest BCUT2D eigenvalue weighted by atomic mass is 9.92. The number of alkyl halides is 2. The molecule has 0 bridgehead atoms. The van der Waals surface area contributed by atoms with Crippen LogP contribution in [0.1, 0.15) is 41.3 Å². The van der Waals surface area contributed by atoms with Crippen molar-refractivity contribution in [3.05, 3.63) is 77.0 Å². The molecule has 0 saturated carbocycles. The first kappa shape index (κ1) is 22.8. The molecule has 1 saturated heterocycles. The van der Waals surface area contributed by atoms with Crippen molar-refractivity contribution < 1.29 is 27.5 Å². The first-order valence-electron chi connectivity index (χ1n) is 9.83. The third kappa shape index (κ3) is 4.90. The van der Waals surface area contributed by atoms with Crippen molar-refractivity contribution in [3.63, 3.8) is 0 Å². The predicted molar refractivity (Wildman–Crippen MR) is 110 cm³/mol. The Morgan fingerprint density at radius 1 is 1.13 bits per heavy atom. The highest BCUT2D eigenvalue weighted by molar-refractivity contribution is 6.04. The molecule has 2 N–H and O–H groups in total. The highest BCUT2D eigenvalue weighted by Gasteiger charge is 2.42. The van der Waals surface area contributed by atoms with Crippen molar-refractivity contribution in [1.29, 1.82) is 0 Å². The quantitative estimate of drug-likeness (QED) is 0.651. The van der Waals surface area contributed by atoms with E-state index in [9.17, 15) is 18.7 Å². The van der Waals surface area contributed by atoms with Gasteiger partial charge in [0, 0.05) is 24.3 Å². The van der Waals surface area contributed by atoms with Gasteiger partial charge in [-0.25, -0.2) is 8.78 Å². The van der Waals surface area contributed by atoms with Crippen LogP contribution in [0.15, 0.2) is 48.7 Å². The molecule has 4 nitrogen and oxygen atoms in total. The van der Waals surface area contributed by atoms with E-state index in [4.69, 9.17) is 0 Å². The Kier molecular flexibility index (Phi) is 6.14. The number of amides is 1. The maximum atomic E-state index is 15.1. The first-order chi connectivity index (χ1) is 14.4. The van der Waals surface area contributed by atoms with Gasteiger partial charge in [0.25, 0.3) is 5.91 Å². The number of likely N-dealkylation sites (tertiary alicyclic amines) is 1. The molecule has 1 aliphatic heterocycles. The molecule has 8 heteroatoms. The number of benzene rings is 2. The van der Waals surface area contributed by atoms with Crippen molar-refractivity contribution in [2.75, 3.05) is 18.4 Å². The molecule has 0 atom stereocenters. The van der Waals surface area contributed by atoms with Crippen LogP contribution >= 0.6 is 0 Å². The Balaban J connectivity index is 1.83. The summed E-state index contributed by atoms with van der Waals surface area (Å²) in [7, 11) is 0. The molecule has 0 spiro atoms. The Morgan fingerprint density at radius 3 is 2.35 bits per heavy atom. The molecule has 0 aromatic heterocycles. The van der Waals surface area contributed by atoms with E-state index in [2.05, 4.69) is 11.9 Å². The largest absolute Gasteiger partial charge is 0.390 e. The molecule has 2 aromatic rings. The third-order valence-electron chi connectivity index (χ3n) is 5.57. The van der Waals surface area contributed by atoms with Gasteiger partial charge in [-0.2, -0.15) is 8.78 Å². The van der Waals surface area contributed by atoms with Gasteiger partial charge >= 0.3 is 5.92 Å². The van der Waals surface area contributed by atoms with E-state index in [-0.39, 0.29) is 37.2 Å². The maximum absolute atomic E-state index is 15.1. The number of nitrogens with zero attached hydrogens (tertiary/aromatic N) is 1. The highest BCUT2D eigenvalue weighted by Crippen LogP contribution is 2.40. The van der Waals surface area contributed by atoms with E-state index in [0.29, 0.717) is 5.56 Å². The molecule has 3 rings (SSSR count). The SMILES string of the molecule is C=C(N1CCC(C)(O)CC1)C(F)(F)c1cc(C(=O)Nc2ccc(F)c(C)c2)ccc1F. The van der Waals surface area contributed by atoms with Gasteiger partial charge in [-0.15, -0.1) is 0 Å². The Morgan fingerprint density at radius 2 is 1.74 bits per heavy atom. The highest BCUT2D eigenvalue weighted by atomic mass is 19.3. The zero-order valence-electron chi connectivity index (χ0n) is 17.3. The van der Waals surface area contributed by atoms with Gasteiger partial charge in [0.2, 0.25) is 0 Å². The Hall–Kier alpha value is -2.87. The van der Waals surface area contributed by atoms with Crippen molar-refractivity contribution in [1.82, 2.24) is 4.90 Å². The molecular formula is C23H24F4N2O2. The monoisotopic (exact) mass is 436 g/mol. The number of hydrogen-bond acceptors (Lipinski definition) is 3. The smallest absolute Gasteiger partial charge is 0.314 e. The number of nitrogens with one attached hydrogen (secondary N) is 1. The summed E-state index contributed by atoms with van der Waals surface area (Å²) < 4.78 is 58.0. The molecule has 1 aliphatic rings. The molecule has 0 radical (unpaired) electrons. The number of hydrogen-bond donors (Lipinski definition) is 2. The average Bonchev–Trinajstić information content (AvgIpc) is 2.70. The zero-order valence-corrected chi connectivity index (χ0v) is 17.3. The number of piperidine rings is 1. The summed E-state index contributed by atoms with van der Waals surface area (Å²) in [5.41, 5.74) is -2.07. The first-order valence-corrected chi connectivity index (χ1v) is 9.83. The molecule has 1 fully saturated rings. The summed E-state index contributed by atoms with van der Waals surface area (Å²) in [5.74, 6) is -6.10. The maximum Gasteiger partial charge on any atom is 0.314 e. The Labute approximate surface area is 178 Å². The summed E-state index contributed by atoms with van der Waals surface area (Å²) in [6.07, 6.45) is 0.564. The fourth-order valence-electron chi connectivity index (χ4n) is 3.45. The van der Waals surface area contributed by atoms with E-state index in [1.165, 1.54) is 30.0 Å². The van der Waals surface area contributed by atoms with Gasteiger partial charge in [-0.05, 0) is 68.7 Å². The summed E-state index contributed by atoms with van der Waals surface area (Å²) in [6.45, 7) is 6.94. The van der Waals surface area contributed by atoms with E-state index < -0.39 is 40.3 Å². The zero-order chi connectivity index (χ0) is 23.0. The standard InChI is InChI=1S/C23H24F4N2O2/c1-14-12-17(5-7-19(14)24)28-21(30)16-4-6-20(25)18(13-16)23(26,27)15(2)29-10-8-22(3,31)9-11-29/h4-7,12-13,31H,2,8-11H2,1,3H3,(H,28,30). The van der Waals surface area contributed by atoms with Gasteiger partial charge in [0.15, 0.2) is 0 Å². The summed E-state index contributed by atoms with van der Waals surface area (Å²) in [5, 5.41) is 12.5. The van der Waals surface area contributed by atoms with Crippen molar-refractivity contribution in [3.8, 4) is 0 Å². The van der Waals surface area contributed by atoms with Gasteiger partial charge in [0.1, 0.15) is 11.6 Å². The van der Waals surface area contributed by atoms with Crippen LogP contribution in [-0.2, 0) is 5.92 Å². The normalized spacial score (nSPS) is 16.2. The van der Waals surface area contributed by atoms with Gasteiger partial charge < -0.3 is 15.3 Å². The molecular weight excluding hydrogens is 412 g/mol. The van der Waals surface area contributed by atoms with E-state index in [1.807, 2.05) is 0 Å². The minimum absolute atomic E-state index is 0.160. The lowest BCUT2D eigenvalue weighted by Crippen LogP contribution is -2.44. The summed E-state index contributed by atoms with van der Waals surface area (Å²) in [4.78, 5) is 13.8. The van der Waals surface area contributed by atoms with Gasteiger partial charge in [0.05, 0.1) is 16.9 Å². The second-order valence-electron chi connectivity index (χ2n) is 8.12. The number of halogens is 4. The van der Waals surface area contributed by atoms with E-state index >= 15 is 8.78 Å². The van der Waals surface area contributed by atoms with Crippen LogP contribution in [0.25, 0.3) is 0 Å². The van der Waals surface area contributed by atoms with E-state index in [1.54, 1.807) is 6.92 Å². The second-order valence-corrected chi connectivity index (χ2v) is 8.12. The molecule has 0 aliphatic carbocycles. The number of carbonyl (C=O) groups excluding carboxylic acids is 1. The number of allylic oxidation sites excluding steroid dienone is 1. The van der Waals surface area contributed by atoms with Crippen LogP contribution in [-0.4, -0.2) is 34.6 Å². The van der Waals surface area contributed by atoms with Crippen molar-refractivity contribution in [2.45, 2.75) is 38.2 Å². The topological polar surface area (TPSA) is 52.6 Å². The minimum atomic E-state index is -3.75. The minimum Gasteiger partial charge on any atom is -0.390 e. The second kappa shape index (κ2) is 8.34. The Bertz CT molecular complexity index is 1010. The fourth-order valence-corrected chi connectivity index (χ4v) is 3.45. The molecule has 166 valence electrons. The average molecular weight is 436 g/mol. The fraction of sp³-hybridized carbons (Fsp3) is 0.348. The lowest BCUT2D eigenvalue weighted by Gasteiger charge is -2.40. The van der Waals surface area contributed by atoms with Crippen LogP contribution in [0.3, 0.4) is 0 Å². The molecule has 0 unspecified atom stereocenters. The van der Waals surface area contributed by atoms with Gasteiger partial charge in [-0.1, -0.05) is 6.58 Å². The number of aliphatic hydroxyl groups is 1. The number of rotatable bonds is 5. The predicted octanol–water partition coefficient (Wildman–Crippen LogP) is 4.98. The molecule has 1 heterocycles. The molecule has 2 aromatic carbocycles. The third-order valence-corrected chi connectivity index (χ3v) is 5.57. The van der Waals surface area contributed by atoms with Crippen LogP contribution in [0, 0.1) is 18.6 Å². The molecule has 31 heavy (non-hydrogen) atoms. The number of aryl methyl sites for hydroxylation is 1. The van der Waals surface area contributed by atoms with Crippen LogP contribution < -0.4 is 5.32 Å². The van der Waals surface area contributed by atoms with E-state index in [0.717, 1.165) is 18.2 Å².